The van der Waals surface area contributed by atoms with Crippen molar-refractivity contribution >= 4 is 0 Å². The molecule has 0 fully saturated rings. The van der Waals surface area contributed by atoms with Gasteiger partial charge in [-0.05, 0) is 18.6 Å². The molecule has 0 aromatic carbocycles. The van der Waals surface area contributed by atoms with E-state index in [0.717, 1.165) is 18.7 Å². The first-order chi connectivity index (χ1) is 6.77. The van der Waals surface area contributed by atoms with E-state index in [0.29, 0.717) is 0 Å². The van der Waals surface area contributed by atoms with Gasteiger partial charge in [-0.3, -0.25) is 4.98 Å². The highest BCUT2D eigenvalue weighted by molar-refractivity contribution is 5.09. The number of nitrogens with zero attached hydrogens (tertiary/aromatic N) is 1. The Balaban J connectivity index is 2.68. The molecule has 0 aliphatic rings. The van der Waals surface area contributed by atoms with Gasteiger partial charge in [0.1, 0.15) is 5.82 Å². The number of aromatic nitrogens is 1. The van der Waals surface area contributed by atoms with E-state index in [1.165, 1.54) is 12.3 Å². The zero-order valence-electron chi connectivity index (χ0n) is 8.33. The van der Waals surface area contributed by atoms with Gasteiger partial charge in [0.05, 0.1) is 11.9 Å². The van der Waals surface area contributed by atoms with Crippen molar-refractivity contribution in [2.24, 2.45) is 0 Å². The van der Waals surface area contributed by atoms with Crippen LogP contribution in [0.25, 0.3) is 0 Å². The first-order valence-electron chi connectivity index (χ1n) is 4.73. The van der Waals surface area contributed by atoms with E-state index in [1.807, 2.05) is 0 Å². The summed E-state index contributed by atoms with van der Waals surface area (Å²) in [5.41, 5.74) is 0.871. The first-order valence-corrected chi connectivity index (χ1v) is 4.73. The molecule has 2 nitrogen and oxygen atoms in total. The van der Waals surface area contributed by atoms with E-state index in [4.69, 9.17) is 0 Å². The fourth-order valence-electron chi connectivity index (χ4n) is 1.28. The molecule has 76 valence electrons. The summed E-state index contributed by atoms with van der Waals surface area (Å²) in [6, 6.07) is 3.31. The van der Waals surface area contributed by atoms with Gasteiger partial charge in [-0.15, -0.1) is 6.58 Å². The molecule has 14 heavy (non-hydrogen) atoms. The molecule has 0 saturated carbocycles. The molecule has 0 spiro atoms. The van der Waals surface area contributed by atoms with Crippen LogP contribution in [-0.4, -0.2) is 11.5 Å². The molecule has 0 radical (unpaired) electrons. The van der Waals surface area contributed by atoms with Gasteiger partial charge in [0.15, 0.2) is 0 Å². The molecule has 0 amide bonds. The minimum Gasteiger partial charge on any atom is -0.305 e. The van der Waals surface area contributed by atoms with Gasteiger partial charge in [0.25, 0.3) is 0 Å². The molecule has 3 heteroatoms. The van der Waals surface area contributed by atoms with Crippen LogP contribution in [0.5, 0.6) is 0 Å². The van der Waals surface area contributed by atoms with Crippen LogP contribution in [0.1, 0.15) is 25.1 Å². The maximum absolute atomic E-state index is 12.6. The van der Waals surface area contributed by atoms with Crippen molar-refractivity contribution in [1.82, 2.24) is 10.3 Å². The largest absolute Gasteiger partial charge is 0.305 e. The lowest BCUT2D eigenvalue weighted by atomic mass is 10.1. The van der Waals surface area contributed by atoms with Crippen LogP contribution in [-0.2, 0) is 0 Å². The second kappa shape index (κ2) is 5.50. The van der Waals surface area contributed by atoms with Gasteiger partial charge < -0.3 is 5.32 Å². The third-order valence-corrected chi connectivity index (χ3v) is 2.02. The van der Waals surface area contributed by atoms with Gasteiger partial charge in [-0.1, -0.05) is 13.0 Å². The van der Waals surface area contributed by atoms with Crippen LogP contribution in [0, 0.1) is 5.82 Å². The Hall–Kier alpha value is -1.22. The highest BCUT2D eigenvalue weighted by Gasteiger charge is 2.08. The molecule has 0 saturated heterocycles. The van der Waals surface area contributed by atoms with Crippen LogP contribution in [0.3, 0.4) is 0 Å². The van der Waals surface area contributed by atoms with E-state index in [9.17, 15) is 4.39 Å². The van der Waals surface area contributed by atoms with Crippen molar-refractivity contribution in [3.8, 4) is 0 Å². The predicted octanol–water partition coefficient (Wildman–Crippen LogP) is 2.45. The summed E-state index contributed by atoms with van der Waals surface area (Å²) >= 11 is 0. The standard InChI is InChI=1S/C11H15FN2/c1-3-7-13-10(4-2)11-6-5-9(12)8-14-11/h3,5-6,8,10,13H,1,4,7H2,2H3. The van der Waals surface area contributed by atoms with E-state index >= 15 is 0 Å². The molecule has 0 aliphatic heterocycles. The van der Waals surface area contributed by atoms with Crippen LogP contribution in [0.15, 0.2) is 31.0 Å². The van der Waals surface area contributed by atoms with E-state index in [-0.39, 0.29) is 11.9 Å². The summed E-state index contributed by atoms with van der Waals surface area (Å²) in [5.74, 6) is -0.299. The van der Waals surface area contributed by atoms with Crippen LogP contribution >= 0.6 is 0 Å². The number of rotatable bonds is 5. The van der Waals surface area contributed by atoms with E-state index in [2.05, 4.69) is 23.8 Å². The maximum atomic E-state index is 12.6. The number of halogens is 1. The van der Waals surface area contributed by atoms with Crippen molar-refractivity contribution in [1.29, 1.82) is 0 Å². The van der Waals surface area contributed by atoms with Gasteiger partial charge in [0.2, 0.25) is 0 Å². The summed E-state index contributed by atoms with van der Waals surface area (Å²) in [6.07, 6.45) is 3.96. The lowest BCUT2D eigenvalue weighted by molar-refractivity contribution is 0.532. The third kappa shape index (κ3) is 2.92. The zero-order valence-corrected chi connectivity index (χ0v) is 8.33. The van der Waals surface area contributed by atoms with Crippen molar-refractivity contribution in [2.75, 3.05) is 6.54 Å². The lowest BCUT2D eigenvalue weighted by Crippen LogP contribution is -2.21. The number of hydrogen-bond donors (Lipinski definition) is 1. The van der Waals surface area contributed by atoms with E-state index < -0.39 is 0 Å². The summed E-state index contributed by atoms with van der Waals surface area (Å²) in [5, 5.41) is 3.25. The normalized spacial score (nSPS) is 12.4. The Kier molecular flexibility index (Phi) is 4.26. The average molecular weight is 194 g/mol. The third-order valence-electron chi connectivity index (χ3n) is 2.02. The molecule has 0 bridgehead atoms. The molecular weight excluding hydrogens is 179 g/mol. The molecule has 1 aromatic heterocycles. The Bertz CT molecular complexity index is 282. The van der Waals surface area contributed by atoms with Crippen LogP contribution in [0.4, 0.5) is 4.39 Å². The van der Waals surface area contributed by atoms with Gasteiger partial charge in [-0.2, -0.15) is 0 Å². The van der Waals surface area contributed by atoms with E-state index in [1.54, 1.807) is 12.1 Å². The topological polar surface area (TPSA) is 24.9 Å². The minimum atomic E-state index is -0.299. The Morgan fingerprint density at radius 3 is 2.93 bits per heavy atom. The summed E-state index contributed by atoms with van der Waals surface area (Å²) < 4.78 is 12.6. The molecule has 1 N–H and O–H groups in total. The van der Waals surface area contributed by atoms with Crippen molar-refractivity contribution in [2.45, 2.75) is 19.4 Å². The fourth-order valence-corrected chi connectivity index (χ4v) is 1.28. The molecule has 1 rings (SSSR count). The molecular formula is C11H15FN2. The lowest BCUT2D eigenvalue weighted by Gasteiger charge is -2.14. The molecule has 0 aliphatic carbocycles. The second-order valence-corrected chi connectivity index (χ2v) is 3.06. The fraction of sp³-hybridized carbons (Fsp3) is 0.364. The average Bonchev–Trinajstić information content (AvgIpc) is 2.21. The van der Waals surface area contributed by atoms with Crippen LogP contribution < -0.4 is 5.32 Å². The Morgan fingerprint density at radius 1 is 1.64 bits per heavy atom. The van der Waals surface area contributed by atoms with Crippen molar-refractivity contribution < 1.29 is 4.39 Å². The van der Waals surface area contributed by atoms with Crippen LogP contribution in [0.2, 0.25) is 0 Å². The quantitative estimate of drug-likeness (QED) is 0.728. The van der Waals surface area contributed by atoms with Crippen molar-refractivity contribution in [3.63, 3.8) is 0 Å². The smallest absolute Gasteiger partial charge is 0.141 e. The number of pyridine rings is 1. The Labute approximate surface area is 83.9 Å². The first kappa shape index (κ1) is 10.9. The predicted molar refractivity (Wildman–Crippen MR) is 55.4 cm³/mol. The number of nitrogens with one attached hydrogen (secondary N) is 1. The van der Waals surface area contributed by atoms with Gasteiger partial charge in [0, 0.05) is 12.6 Å². The monoisotopic (exact) mass is 194 g/mol. The Morgan fingerprint density at radius 2 is 2.43 bits per heavy atom. The highest BCUT2D eigenvalue weighted by Crippen LogP contribution is 2.13. The maximum Gasteiger partial charge on any atom is 0.141 e. The summed E-state index contributed by atoms with van der Waals surface area (Å²) in [6.45, 7) is 6.43. The molecule has 1 heterocycles. The SMILES string of the molecule is C=CCNC(CC)c1ccc(F)cn1. The molecule has 1 atom stereocenters. The minimum absolute atomic E-state index is 0.175. The summed E-state index contributed by atoms with van der Waals surface area (Å²) in [4.78, 5) is 4.03. The highest BCUT2D eigenvalue weighted by atomic mass is 19.1. The molecule has 1 aromatic rings. The second-order valence-electron chi connectivity index (χ2n) is 3.06. The zero-order chi connectivity index (χ0) is 10.4. The van der Waals surface area contributed by atoms with Crippen molar-refractivity contribution in [3.05, 3.63) is 42.5 Å². The summed E-state index contributed by atoms with van der Waals surface area (Å²) in [7, 11) is 0. The molecule has 1 unspecified atom stereocenters. The van der Waals surface area contributed by atoms with Gasteiger partial charge >= 0.3 is 0 Å². The van der Waals surface area contributed by atoms with Gasteiger partial charge in [-0.25, -0.2) is 4.39 Å². The number of hydrogen-bond acceptors (Lipinski definition) is 2.